The summed E-state index contributed by atoms with van der Waals surface area (Å²) in [4.78, 5) is 16.1. The van der Waals surface area contributed by atoms with Gasteiger partial charge in [-0.1, -0.05) is 17.7 Å². The van der Waals surface area contributed by atoms with E-state index in [0.717, 1.165) is 5.56 Å². The van der Waals surface area contributed by atoms with E-state index in [9.17, 15) is 4.79 Å². The van der Waals surface area contributed by atoms with Crippen LogP contribution in [0, 0.1) is 0 Å². The molecule has 0 spiro atoms. The van der Waals surface area contributed by atoms with E-state index >= 15 is 0 Å². The van der Waals surface area contributed by atoms with Gasteiger partial charge >= 0.3 is 0 Å². The third kappa shape index (κ3) is 4.11. The quantitative estimate of drug-likeness (QED) is 0.887. The highest BCUT2D eigenvalue weighted by Crippen LogP contribution is 2.35. The molecule has 1 N–H and O–H groups in total. The number of carbonyl (C=O) groups is 1. The Morgan fingerprint density at radius 3 is 2.68 bits per heavy atom. The Bertz CT molecular complexity index is 647. The lowest BCUT2D eigenvalue weighted by Crippen LogP contribution is -2.13. The van der Waals surface area contributed by atoms with Crippen LogP contribution in [0.2, 0.25) is 5.02 Å². The van der Waals surface area contributed by atoms with E-state index in [0.29, 0.717) is 35.1 Å². The molecule has 1 aromatic carbocycles. The van der Waals surface area contributed by atoms with Gasteiger partial charge in [0.1, 0.15) is 11.5 Å². The number of aryl methyl sites for hydroxylation is 1. The van der Waals surface area contributed by atoms with Crippen molar-refractivity contribution in [1.82, 2.24) is 4.98 Å². The summed E-state index contributed by atoms with van der Waals surface area (Å²) in [7, 11) is 3.04. The zero-order valence-electron chi connectivity index (χ0n) is 12.4. The molecule has 0 bridgehead atoms. The Balaban J connectivity index is 2.03. The van der Waals surface area contributed by atoms with Gasteiger partial charge < -0.3 is 14.8 Å². The number of methoxy groups -OCH3 is 2. The number of nitrogens with one attached hydrogen (secondary N) is 1. The van der Waals surface area contributed by atoms with Gasteiger partial charge in [-0.2, -0.15) is 0 Å². The number of nitrogens with zero attached hydrogens (tertiary/aromatic N) is 1. The second-order valence-electron chi connectivity index (χ2n) is 4.60. The van der Waals surface area contributed by atoms with Gasteiger partial charge in [-0.15, -0.1) is 0 Å². The Labute approximate surface area is 134 Å². The lowest BCUT2D eigenvalue weighted by molar-refractivity contribution is -0.116. The molecular weight excluding hydrogens is 304 g/mol. The zero-order valence-corrected chi connectivity index (χ0v) is 13.2. The van der Waals surface area contributed by atoms with E-state index in [4.69, 9.17) is 21.1 Å². The van der Waals surface area contributed by atoms with Gasteiger partial charge in [0, 0.05) is 24.9 Å². The fourth-order valence-electron chi connectivity index (χ4n) is 1.97. The van der Waals surface area contributed by atoms with Crippen LogP contribution in [0.1, 0.15) is 12.0 Å². The number of halogens is 1. The Morgan fingerprint density at radius 2 is 2.05 bits per heavy atom. The number of rotatable bonds is 6. The molecule has 0 radical (unpaired) electrons. The Kier molecular flexibility index (Phi) is 5.61. The molecule has 0 aliphatic carbocycles. The van der Waals surface area contributed by atoms with Gasteiger partial charge in [0.25, 0.3) is 0 Å². The van der Waals surface area contributed by atoms with E-state index in [1.54, 1.807) is 24.5 Å². The molecule has 1 amide bonds. The Morgan fingerprint density at radius 1 is 1.27 bits per heavy atom. The van der Waals surface area contributed by atoms with Crippen molar-refractivity contribution in [3.8, 4) is 11.5 Å². The minimum Gasteiger partial charge on any atom is -0.495 e. The average Bonchev–Trinajstić information content (AvgIpc) is 2.54. The molecule has 0 aliphatic rings. The van der Waals surface area contributed by atoms with Crippen molar-refractivity contribution in [3.05, 3.63) is 47.2 Å². The molecule has 1 aromatic heterocycles. The fraction of sp³-hybridized carbons (Fsp3) is 0.250. The molecule has 2 rings (SSSR count). The molecular formula is C16H17ClN2O3. The standard InChI is InChI=1S/C16H17ClN2O3/c1-21-14-9-15(22-2)13(8-12(14)17)19-16(20)6-5-11-4-3-7-18-10-11/h3-4,7-10H,5-6H2,1-2H3,(H,19,20). The van der Waals surface area contributed by atoms with Crippen LogP contribution in [0.3, 0.4) is 0 Å². The summed E-state index contributed by atoms with van der Waals surface area (Å²) in [5, 5.41) is 3.21. The van der Waals surface area contributed by atoms with Crippen LogP contribution in [0.5, 0.6) is 11.5 Å². The molecule has 1 heterocycles. The van der Waals surface area contributed by atoms with E-state index in [-0.39, 0.29) is 5.91 Å². The predicted octanol–water partition coefficient (Wildman–Crippen LogP) is 3.32. The molecule has 116 valence electrons. The van der Waals surface area contributed by atoms with Crippen molar-refractivity contribution < 1.29 is 14.3 Å². The molecule has 0 unspecified atom stereocenters. The maximum Gasteiger partial charge on any atom is 0.224 e. The molecule has 2 aromatic rings. The summed E-state index contributed by atoms with van der Waals surface area (Å²) < 4.78 is 10.4. The summed E-state index contributed by atoms with van der Waals surface area (Å²) in [5.41, 5.74) is 1.53. The highest BCUT2D eigenvalue weighted by atomic mass is 35.5. The van der Waals surface area contributed by atoms with Gasteiger partial charge in [0.2, 0.25) is 5.91 Å². The van der Waals surface area contributed by atoms with Crippen molar-refractivity contribution in [2.24, 2.45) is 0 Å². The third-order valence-electron chi connectivity index (χ3n) is 3.11. The summed E-state index contributed by atoms with van der Waals surface area (Å²) in [6.07, 6.45) is 4.41. The lowest BCUT2D eigenvalue weighted by atomic mass is 10.1. The van der Waals surface area contributed by atoms with Gasteiger partial charge in [-0.3, -0.25) is 9.78 Å². The number of carbonyl (C=O) groups excluding carboxylic acids is 1. The van der Waals surface area contributed by atoms with Crippen LogP contribution in [0.4, 0.5) is 5.69 Å². The molecule has 5 nitrogen and oxygen atoms in total. The van der Waals surface area contributed by atoms with Crippen LogP contribution in [0.25, 0.3) is 0 Å². The maximum absolute atomic E-state index is 12.1. The molecule has 0 atom stereocenters. The molecule has 0 saturated carbocycles. The largest absolute Gasteiger partial charge is 0.495 e. The highest BCUT2D eigenvalue weighted by Gasteiger charge is 2.12. The second-order valence-corrected chi connectivity index (χ2v) is 5.00. The van der Waals surface area contributed by atoms with Crippen LogP contribution in [-0.4, -0.2) is 25.1 Å². The molecule has 6 heteroatoms. The minimum absolute atomic E-state index is 0.122. The van der Waals surface area contributed by atoms with Crippen LogP contribution in [0.15, 0.2) is 36.7 Å². The number of amides is 1. The third-order valence-corrected chi connectivity index (χ3v) is 3.41. The second kappa shape index (κ2) is 7.66. The van der Waals surface area contributed by atoms with Crippen LogP contribution < -0.4 is 14.8 Å². The summed E-state index contributed by atoms with van der Waals surface area (Å²) in [6.45, 7) is 0. The smallest absolute Gasteiger partial charge is 0.224 e. The van der Waals surface area contributed by atoms with E-state index < -0.39 is 0 Å². The zero-order chi connectivity index (χ0) is 15.9. The van der Waals surface area contributed by atoms with Crippen LogP contribution in [-0.2, 0) is 11.2 Å². The van der Waals surface area contributed by atoms with E-state index in [1.807, 2.05) is 12.1 Å². The molecule has 0 saturated heterocycles. The number of anilines is 1. The fourth-order valence-corrected chi connectivity index (χ4v) is 2.22. The first-order valence-corrected chi connectivity index (χ1v) is 7.12. The maximum atomic E-state index is 12.1. The number of hydrogen-bond acceptors (Lipinski definition) is 4. The lowest BCUT2D eigenvalue weighted by Gasteiger charge is -2.13. The average molecular weight is 321 g/mol. The van der Waals surface area contributed by atoms with Crippen molar-refractivity contribution in [2.45, 2.75) is 12.8 Å². The van der Waals surface area contributed by atoms with Gasteiger partial charge in [0.05, 0.1) is 24.9 Å². The first-order valence-electron chi connectivity index (χ1n) is 6.74. The van der Waals surface area contributed by atoms with Crippen molar-refractivity contribution >= 4 is 23.2 Å². The molecule has 0 aliphatic heterocycles. The van der Waals surface area contributed by atoms with Crippen molar-refractivity contribution in [3.63, 3.8) is 0 Å². The predicted molar refractivity (Wildman–Crippen MR) is 85.7 cm³/mol. The van der Waals surface area contributed by atoms with Gasteiger partial charge in [0.15, 0.2) is 0 Å². The van der Waals surface area contributed by atoms with Crippen molar-refractivity contribution in [1.29, 1.82) is 0 Å². The minimum atomic E-state index is -0.122. The topological polar surface area (TPSA) is 60.5 Å². The Hall–Kier alpha value is -2.27. The number of pyridine rings is 1. The van der Waals surface area contributed by atoms with E-state index in [1.165, 1.54) is 14.2 Å². The molecule has 0 fully saturated rings. The SMILES string of the molecule is COc1cc(OC)c(NC(=O)CCc2cccnc2)cc1Cl. The summed E-state index contributed by atoms with van der Waals surface area (Å²) in [6, 6.07) is 7.03. The number of benzene rings is 1. The normalized spacial score (nSPS) is 10.1. The number of hydrogen-bond donors (Lipinski definition) is 1. The van der Waals surface area contributed by atoms with Gasteiger partial charge in [-0.25, -0.2) is 0 Å². The highest BCUT2D eigenvalue weighted by molar-refractivity contribution is 6.32. The van der Waals surface area contributed by atoms with Crippen LogP contribution >= 0.6 is 11.6 Å². The molecule has 22 heavy (non-hydrogen) atoms. The first kappa shape index (κ1) is 16.1. The number of aromatic nitrogens is 1. The van der Waals surface area contributed by atoms with Crippen molar-refractivity contribution in [2.75, 3.05) is 19.5 Å². The number of ether oxygens (including phenoxy) is 2. The van der Waals surface area contributed by atoms with E-state index in [2.05, 4.69) is 10.3 Å². The summed E-state index contributed by atoms with van der Waals surface area (Å²) in [5.74, 6) is 0.867. The summed E-state index contributed by atoms with van der Waals surface area (Å²) >= 11 is 6.07. The first-order chi connectivity index (χ1) is 10.6. The van der Waals surface area contributed by atoms with Gasteiger partial charge in [-0.05, 0) is 24.1 Å². The monoisotopic (exact) mass is 320 g/mol.